The molecule has 0 saturated carbocycles. The molecule has 112 valence electrons. The molecule has 0 spiro atoms. The molecule has 0 radical (unpaired) electrons. The lowest BCUT2D eigenvalue weighted by molar-refractivity contribution is -0.129. The number of hydrogen-bond donors (Lipinski definition) is 2. The van der Waals surface area contributed by atoms with Crippen LogP contribution in [0.1, 0.15) is 17.7 Å². The van der Waals surface area contributed by atoms with Crippen LogP contribution in [0.2, 0.25) is 5.15 Å². The lowest BCUT2D eigenvalue weighted by Crippen LogP contribution is -2.27. The SMILES string of the molecule is CC1(CCl)C=C(SC(c2cn[nH]c2Cl)C(F)(F)F)NO1. The van der Waals surface area contributed by atoms with E-state index in [4.69, 9.17) is 28.0 Å². The number of alkyl halides is 4. The molecule has 1 aromatic heterocycles. The molecule has 4 nitrogen and oxygen atoms in total. The molecule has 2 rings (SSSR count). The summed E-state index contributed by atoms with van der Waals surface area (Å²) in [5.74, 6) is 0.118. The molecule has 2 heterocycles. The molecule has 1 aromatic rings. The first-order valence-electron chi connectivity index (χ1n) is 5.40. The monoisotopic (exact) mass is 347 g/mol. The maximum absolute atomic E-state index is 13.1. The van der Waals surface area contributed by atoms with Crippen LogP contribution >= 0.6 is 35.0 Å². The summed E-state index contributed by atoms with van der Waals surface area (Å²) < 4.78 is 39.4. The van der Waals surface area contributed by atoms with Gasteiger partial charge >= 0.3 is 6.18 Å². The molecule has 0 fully saturated rings. The van der Waals surface area contributed by atoms with Crippen molar-refractivity contribution in [3.05, 3.63) is 28.0 Å². The average molecular weight is 348 g/mol. The van der Waals surface area contributed by atoms with Crippen LogP contribution in [0.3, 0.4) is 0 Å². The van der Waals surface area contributed by atoms with Crippen molar-refractivity contribution in [2.45, 2.75) is 24.0 Å². The lowest BCUT2D eigenvalue weighted by atomic mass is 10.1. The number of hydrogen-bond acceptors (Lipinski definition) is 4. The Morgan fingerprint density at radius 2 is 2.25 bits per heavy atom. The van der Waals surface area contributed by atoms with Crippen LogP contribution in [-0.4, -0.2) is 27.9 Å². The van der Waals surface area contributed by atoms with Gasteiger partial charge in [0, 0.05) is 5.56 Å². The Morgan fingerprint density at radius 1 is 1.55 bits per heavy atom. The molecule has 2 atom stereocenters. The summed E-state index contributed by atoms with van der Waals surface area (Å²) in [7, 11) is 0. The molecular weight excluding hydrogens is 338 g/mol. The van der Waals surface area contributed by atoms with Gasteiger partial charge in [-0.1, -0.05) is 23.4 Å². The zero-order chi connectivity index (χ0) is 15.0. The number of nitrogens with one attached hydrogen (secondary N) is 2. The van der Waals surface area contributed by atoms with Crippen LogP contribution in [-0.2, 0) is 4.84 Å². The highest BCUT2D eigenvalue weighted by Gasteiger charge is 2.45. The third-order valence-electron chi connectivity index (χ3n) is 2.53. The summed E-state index contributed by atoms with van der Waals surface area (Å²) in [4.78, 5) is 5.14. The van der Waals surface area contributed by atoms with Crippen molar-refractivity contribution in [2.75, 3.05) is 5.88 Å². The van der Waals surface area contributed by atoms with Gasteiger partial charge in [-0.15, -0.1) is 11.6 Å². The van der Waals surface area contributed by atoms with E-state index in [1.165, 1.54) is 6.08 Å². The van der Waals surface area contributed by atoms with Crippen LogP contribution in [0.25, 0.3) is 0 Å². The van der Waals surface area contributed by atoms with Gasteiger partial charge in [0.15, 0.2) is 0 Å². The predicted octanol–water partition coefficient (Wildman–Crippen LogP) is 3.77. The van der Waals surface area contributed by atoms with Crippen molar-refractivity contribution in [3.8, 4) is 0 Å². The highest BCUT2D eigenvalue weighted by molar-refractivity contribution is 8.03. The second-order valence-electron chi connectivity index (χ2n) is 4.34. The number of aromatic amines is 1. The van der Waals surface area contributed by atoms with Crippen molar-refractivity contribution in [1.82, 2.24) is 15.7 Å². The van der Waals surface area contributed by atoms with Crippen LogP contribution in [0.15, 0.2) is 17.3 Å². The van der Waals surface area contributed by atoms with Crippen LogP contribution in [0, 0.1) is 0 Å². The summed E-state index contributed by atoms with van der Waals surface area (Å²) in [6, 6.07) is 0. The molecule has 2 N–H and O–H groups in total. The van der Waals surface area contributed by atoms with Crippen molar-refractivity contribution < 1.29 is 18.0 Å². The van der Waals surface area contributed by atoms with Gasteiger partial charge in [-0.2, -0.15) is 18.3 Å². The Labute approximate surface area is 127 Å². The summed E-state index contributed by atoms with van der Waals surface area (Å²) >= 11 is 11.9. The molecule has 0 bridgehead atoms. The zero-order valence-corrected chi connectivity index (χ0v) is 12.4. The molecule has 0 aliphatic carbocycles. The molecule has 10 heteroatoms. The number of thioether (sulfide) groups is 1. The molecule has 0 saturated heterocycles. The highest BCUT2D eigenvalue weighted by Crippen LogP contribution is 2.48. The van der Waals surface area contributed by atoms with Gasteiger partial charge in [0.05, 0.1) is 17.1 Å². The van der Waals surface area contributed by atoms with E-state index in [-0.39, 0.29) is 21.6 Å². The van der Waals surface area contributed by atoms with Crippen molar-refractivity contribution in [3.63, 3.8) is 0 Å². The molecule has 2 unspecified atom stereocenters. The third-order valence-corrected chi connectivity index (χ3v) is 4.58. The second-order valence-corrected chi connectivity index (χ2v) is 6.13. The second kappa shape index (κ2) is 5.67. The number of nitrogens with zero attached hydrogens (tertiary/aromatic N) is 1. The minimum absolute atomic E-state index is 0.118. The molecule has 0 aromatic carbocycles. The van der Waals surface area contributed by atoms with E-state index in [9.17, 15) is 13.2 Å². The first kappa shape index (κ1) is 15.8. The minimum Gasteiger partial charge on any atom is -0.267 e. The van der Waals surface area contributed by atoms with E-state index < -0.39 is 17.0 Å². The Hall–Kier alpha value is -0.570. The maximum Gasteiger partial charge on any atom is 0.405 e. The first-order chi connectivity index (χ1) is 9.25. The van der Waals surface area contributed by atoms with Crippen LogP contribution in [0.5, 0.6) is 0 Å². The van der Waals surface area contributed by atoms with Crippen LogP contribution < -0.4 is 5.48 Å². The standard InChI is InChI=1S/C10H10Cl2F3N3OS/c1-9(4-11)2-6(18-19-9)20-7(10(13,14)15)5-3-16-17-8(5)12/h2-3,7,18H,4H2,1H3,(H,16,17). The van der Waals surface area contributed by atoms with Crippen molar-refractivity contribution in [2.24, 2.45) is 0 Å². The molecular formula is C10H10Cl2F3N3OS. The summed E-state index contributed by atoms with van der Waals surface area (Å²) in [6.45, 7) is 1.66. The van der Waals surface area contributed by atoms with E-state index in [0.29, 0.717) is 11.8 Å². The summed E-state index contributed by atoms with van der Waals surface area (Å²) in [6.07, 6.45) is -1.91. The number of halogens is 5. The fraction of sp³-hybridized carbons (Fsp3) is 0.500. The van der Waals surface area contributed by atoms with Crippen molar-refractivity contribution >= 4 is 35.0 Å². The Bertz CT molecular complexity index is 522. The van der Waals surface area contributed by atoms with Gasteiger partial charge in [-0.05, 0) is 13.0 Å². The fourth-order valence-electron chi connectivity index (χ4n) is 1.52. The zero-order valence-electron chi connectivity index (χ0n) is 10.1. The number of aromatic nitrogens is 2. The van der Waals surface area contributed by atoms with Crippen LogP contribution in [0.4, 0.5) is 13.2 Å². The lowest BCUT2D eigenvalue weighted by Gasteiger charge is -2.19. The molecule has 1 aliphatic rings. The van der Waals surface area contributed by atoms with Crippen molar-refractivity contribution in [1.29, 1.82) is 0 Å². The number of rotatable bonds is 4. The Morgan fingerprint density at radius 3 is 2.70 bits per heavy atom. The number of H-pyrrole nitrogens is 1. The fourth-order valence-corrected chi connectivity index (χ4v) is 3.03. The van der Waals surface area contributed by atoms with Gasteiger partial charge < -0.3 is 0 Å². The third kappa shape index (κ3) is 3.36. The predicted molar refractivity (Wildman–Crippen MR) is 71.4 cm³/mol. The van der Waals surface area contributed by atoms with Gasteiger partial charge in [-0.25, -0.2) is 0 Å². The smallest absolute Gasteiger partial charge is 0.267 e. The minimum atomic E-state index is -4.49. The van der Waals surface area contributed by atoms with E-state index in [1.807, 2.05) is 0 Å². The molecule has 0 amide bonds. The van der Waals surface area contributed by atoms with E-state index in [2.05, 4.69) is 15.7 Å². The topological polar surface area (TPSA) is 49.9 Å². The number of hydroxylamine groups is 1. The van der Waals surface area contributed by atoms with Gasteiger partial charge in [0.25, 0.3) is 0 Å². The van der Waals surface area contributed by atoms with Gasteiger partial charge in [0.2, 0.25) is 0 Å². The largest absolute Gasteiger partial charge is 0.405 e. The Balaban J connectivity index is 2.23. The van der Waals surface area contributed by atoms with Gasteiger partial charge in [0.1, 0.15) is 16.0 Å². The van der Waals surface area contributed by atoms with E-state index >= 15 is 0 Å². The average Bonchev–Trinajstić information content (AvgIpc) is 2.92. The highest BCUT2D eigenvalue weighted by atomic mass is 35.5. The molecule has 20 heavy (non-hydrogen) atoms. The van der Waals surface area contributed by atoms with E-state index in [0.717, 1.165) is 6.20 Å². The Kier molecular flexibility index (Phi) is 4.48. The summed E-state index contributed by atoms with van der Waals surface area (Å²) in [5, 5.41) is 4.03. The first-order valence-corrected chi connectivity index (χ1v) is 7.19. The summed E-state index contributed by atoms with van der Waals surface area (Å²) in [5.41, 5.74) is 1.48. The normalized spacial score (nSPS) is 24.4. The van der Waals surface area contributed by atoms with E-state index in [1.54, 1.807) is 6.92 Å². The quantitative estimate of drug-likeness (QED) is 0.814. The maximum atomic E-state index is 13.1. The van der Waals surface area contributed by atoms with Gasteiger partial charge in [-0.3, -0.25) is 15.4 Å². The molecule has 1 aliphatic heterocycles.